The molecule has 0 amide bonds. The average molecular weight is 340 g/mol. The maximum Gasteiger partial charge on any atom is 0.132 e. The summed E-state index contributed by atoms with van der Waals surface area (Å²) in [5.41, 5.74) is 7.33. The standard InChI is InChI=1S/C15H15BrFNO2/c1-19-9-4-6-13(16)12(7-9)15(18)11-5-3-10(20-2)8-14(11)17/h3-8,15H,18H2,1-2H3. The normalized spacial score (nSPS) is 12.1. The smallest absolute Gasteiger partial charge is 0.132 e. The van der Waals surface area contributed by atoms with Gasteiger partial charge in [-0.1, -0.05) is 22.0 Å². The number of methoxy groups -OCH3 is 2. The number of halogens is 2. The first-order valence-electron chi connectivity index (χ1n) is 5.99. The lowest BCUT2D eigenvalue weighted by Gasteiger charge is -2.16. The molecule has 0 aliphatic carbocycles. The third-order valence-corrected chi connectivity index (χ3v) is 3.80. The van der Waals surface area contributed by atoms with Crippen molar-refractivity contribution in [3.63, 3.8) is 0 Å². The van der Waals surface area contributed by atoms with Gasteiger partial charge in [-0.15, -0.1) is 0 Å². The molecule has 0 fully saturated rings. The van der Waals surface area contributed by atoms with Gasteiger partial charge in [0, 0.05) is 16.1 Å². The van der Waals surface area contributed by atoms with Crippen molar-refractivity contribution in [1.82, 2.24) is 0 Å². The zero-order chi connectivity index (χ0) is 14.7. The topological polar surface area (TPSA) is 44.5 Å². The number of hydrogen-bond donors (Lipinski definition) is 1. The lowest BCUT2D eigenvalue weighted by molar-refractivity contribution is 0.410. The molecule has 0 aliphatic rings. The summed E-state index contributed by atoms with van der Waals surface area (Å²) in [5.74, 6) is 0.738. The van der Waals surface area contributed by atoms with E-state index in [4.69, 9.17) is 15.2 Å². The van der Waals surface area contributed by atoms with Crippen LogP contribution in [0.5, 0.6) is 11.5 Å². The van der Waals surface area contributed by atoms with Crippen molar-refractivity contribution in [3.05, 3.63) is 57.8 Å². The van der Waals surface area contributed by atoms with Crippen LogP contribution >= 0.6 is 15.9 Å². The molecule has 1 unspecified atom stereocenters. The van der Waals surface area contributed by atoms with Gasteiger partial charge in [0.25, 0.3) is 0 Å². The van der Waals surface area contributed by atoms with Crippen LogP contribution in [0.2, 0.25) is 0 Å². The van der Waals surface area contributed by atoms with Crippen molar-refractivity contribution < 1.29 is 13.9 Å². The summed E-state index contributed by atoms with van der Waals surface area (Å²) in [6, 6.07) is 9.48. The van der Waals surface area contributed by atoms with Gasteiger partial charge in [-0.2, -0.15) is 0 Å². The van der Waals surface area contributed by atoms with E-state index in [1.165, 1.54) is 13.2 Å². The fraction of sp³-hybridized carbons (Fsp3) is 0.200. The summed E-state index contributed by atoms with van der Waals surface area (Å²) >= 11 is 3.43. The second-order valence-corrected chi connectivity index (χ2v) is 5.11. The van der Waals surface area contributed by atoms with E-state index in [0.717, 1.165) is 10.0 Å². The highest BCUT2D eigenvalue weighted by Crippen LogP contribution is 2.32. The largest absolute Gasteiger partial charge is 0.497 e. The summed E-state index contributed by atoms with van der Waals surface area (Å²) in [6.07, 6.45) is 0. The molecule has 0 spiro atoms. The lowest BCUT2D eigenvalue weighted by atomic mass is 9.99. The van der Waals surface area contributed by atoms with Gasteiger partial charge < -0.3 is 15.2 Å². The Morgan fingerprint density at radius 1 is 1.00 bits per heavy atom. The number of nitrogens with two attached hydrogens (primary N) is 1. The van der Waals surface area contributed by atoms with E-state index in [2.05, 4.69) is 15.9 Å². The minimum Gasteiger partial charge on any atom is -0.497 e. The summed E-state index contributed by atoms with van der Waals surface area (Å²) in [6.45, 7) is 0. The van der Waals surface area contributed by atoms with E-state index in [-0.39, 0.29) is 0 Å². The lowest BCUT2D eigenvalue weighted by Crippen LogP contribution is -2.14. The Morgan fingerprint density at radius 2 is 1.60 bits per heavy atom. The van der Waals surface area contributed by atoms with E-state index in [9.17, 15) is 4.39 Å². The monoisotopic (exact) mass is 339 g/mol. The quantitative estimate of drug-likeness (QED) is 0.924. The van der Waals surface area contributed by atoms with Crippen LogP contribution in [0, 0.1) is 5.82 Å². The highest BCUT2D eigenvalue weighted by Gasteiger charge is 2.17. The maximum atomic E-state index is 14.1. The Labute approximate surface area is 125 Å². The number of hydrogen-bond acceptors (Lipinski definition) is 3. The number of benzene rings is 2. The molecule has 2 rings (SSSR count). The predicted molar refractivity (Wildman–Crippen MR) is 79.7 cm³/mol. The van der Waals surface area contributed by atoms with Gasteiger partial charge in [0.05, 0.1) is 20.3 Å². The van der Waals surface area contributed by atoms with E-state index in [1.54, 1.807) is 25.3 Å². The first-order chi connectivity index (χ1) is 9.56. The van der Waals surface area contributed by atoms with Crippen molar-refractivity contribution >= 4 is 15.9 Å². The fourth-order valence-electron chi connectivity index (χ4n) is 1.94. The SMILES string of the molecule is COc1ccc(C(N)c2cc(OC)ccc2Br)c(F)c1. The number of rotatable bonds is 4. The Kier molecular flexibility index (Phi) is 4.62. The zero-order valence-electron chi connectivity index (χ0n) is 11.2. The van der Waals surface area contributed by atoms with E-state index < -0.39 is 11.9 Å². The van der Waals surface area contributed by atoms with Crippen molar-refractivity contribution in [2.24, 2.45) is 5.73 Å². The highest BCUT2D eigenvalue weighted by atomic mass is 79.9. The molecule has 5 heteroatoms. The molecule has 0 heterocycles. The van der Waals surface area contributed by atoms with Gasteiger partial charge >= 0.3 is 0 Å². The van der Waals surface area contributed by atoms with Crippen molar-refractivity contribution in [2.45, 2.75) is 6.04 Å². The van der Waals surface area contributed by atoms with Gasteiger partial charge in [0.15, 0.2) is 0 Å². The van der Waals surface area contributed by atoms with Crippen LogP contribution in [0.4, 0.5) is 4.39 Å². The molecule has 3 nitrogen and oxygen atoms in total. The Hall–Kier alpha value is -1.59. The summed E-state index contributed by atoms with van der Waals surface area (Å²) < 4.78 is 25.0. The molecule has 0 saturated carbocycles. The van der Waals surface area contributed by atoms with Crippen LogP contribution in [0.25, 0.3) is 0 Å². The third kappa shape index (κ3) is 2.94. The molecule has 2 aromatic carbocycles. The zero-order valence-corrected chi connectivity index (χ0v) is 12.8. The van der Waals surface area contributed by atoms with Crippen LogP contribution in [0.15, 0.2) is 40.9 Å². The van der Waals surface area contributed by atoms with E-state index in [0.29, 0.717) is 17.1 Å². The van der Waals surface area contributed by atoms with Gasteiger partial charge in [-0.05, 0) is 29.8 Å². The second-order valence-electron chi connectivity index (χ2n) is 4.25. The first-order valence-corrected chi connectivity index (χ1v) is 6.78. The van der Waals surface area contributed by atoms with Gasteiger partial charge in [-0.25, -0.2) is 4.39 Å². The van der Waals surface area contributed by atoms with Crippen LogP contribution in [0.3, 0.4) is 0 Å². The molecule has 0 radical (unpaired) electrons. The van der Waals surface area contributed by atoms with Crippen LogP contribution < -0.4 is 15.2 Å². The third-order valence-electron chi connectivity index (χ3n) is 3.08. The molecule has 2 N–H and O–H groups in total. The molecular weight excluding hydrogens is 325 g/mol. The minimum absolute atomic E-state index is 0.397. The van der Waals surface area contributed by atoms with Crippen LogP contribution in [0.1, 0.15) is 17.2 Å². The molecular formula is C15H15BrFNO2. The van der Waals surface area contributed by atoms with Gasteiger partial charge in [0.1, 0.15) is 17.3 Å². The van der Waals surface area contributed by atoms with Crippen molar-refractivity contribution in [3.8, 4) is 11.5 Å². The van der Waals surface area contributed by atoms with Crippen LogP contribution in [-0.4, -0.2) is 14.2 Å². The van der Waals surface area contributed by atoms with Crippen LogP contribution in [-0.2, 0) is 0 Å². The van der Waals surface area contributed by atoms with Gasteiger partial charge in [-0.3, -0.25) is 0 Å². The Bertz CT molecular complexity index is 619. The van der Waals surface area contributed by atoms with Gasteiger partial charge in [0.2, 0.25) is 0 Å². The minimum atomic E-state index is -0.592. The fourth-order valence-corrected chi connectivity index (χ4v) is 2.43. The molecule has 20 heavy (non-hydrogen) atoms. The Balaban J connectivity index is 2.43. The highest BCUT2D eigenvalue weighted by molar-refractivity contribution is 9.10. The first kappa shape index (κ1) is 14.8. The summed E-state index contributed by atoms with van der Waals surface area (Å²) in [4.78, 5) is 0. The maximum absolute atomic E-state index is 14.1. The molecule has 0 bridgehead atoms. The number of ether oxygens (including phenoxy) is 2. The second kappa shape index (κ2) is 6.24. The summed E-state index contributed by atoms with van der Waals surface area (Å²) in [5, 5.41) is 0. The molecule has 2 aromatic rings. The molecule has 1 atom stereocenters. The molecule has 0 saturated heterocycles. The average Bonchev–Trinajstić information content (AvgIpc) is 2.47. The predicted octanol–water partition coefficient (Wildman–Crippen LogP) is 3.65. The van der Waals surface area contributed by atoms with Crippen molar-refractivity contribution in [1.29, 1.82) is 0 Å². The van der Waals surface area contributed by atoms with E-state index in [1.807, 2.05) is 12.1 Å². The van der Waals surface area contributed by atoms with Crippen molar-refractivity contribution in [2.75, 3.05) is 14.2 Å². The molecule has 106 valence electrons. The molecule has 0 aliphatic heterocycles. The molecule has 0 aromatic heterocycles. The van der Waals surface area contributed by atoms with E-state index >= 15 is 0 Å². The Morgan fingerprint density at radius 3 is 2.20 bits per heavy atom. The summed E-state index contributed by atoms with van der Waals surface area (Å²) in [7, 11) is 3.07.